The van der Waals surface area contributed by atoms with Crippen LogP contribution in [0.3, 0.4) is 0 Å². The van der Waals surface area contributed by atoms with Crippen molar-refractivity contribution >= 4 is 11.9 Å². The Morgan fingerprint density at radius 2 is 1.96 bits per heavy atom. The quantitative estimate of drug-likeness (QED) is 0.861. The molecule has 130 valence electrons. The van der Waals surface area contributed by atoms with E-state index in [1.54, 1.807) is 24.3 Å². The number of ether oxygens (including phenoxy) is 1. The lowest BCUT2D eigenvalue weighted by Crippen LogP contribution is -2.58. The van der Waals surface area contributed by atoms with Crippen LogP contribution in [0.2, 0.25) is 0 Å². The number of hydrogen-bond acceptors (Lipinski definition) is 3. The number of esters is 1. The highest BCUT2D eigenvalue weighted by atomic mass is 16.5. The molecule has 3 saturated carbocycles. The fourth-order valence-electron chi connectivity index (χ4n) is 4.37. The van der Waals surface area contributed by atoms with Crippen LogP contribution in [0.15, 0.2) is 30.3 Å². The Labute approximate surface area is 145 Å². The first-order chi connectivity index (χ1) is 11.6. The van der Waals surface area contributed by atoms with Crippen molar-refractivity contribution in [1.82, 2.24) is 5.32 Å². The van der Waals surface area contributed by atoms with Crippen molar-refractivity contribution in [2.75, 3.05) is 0 Å². The molecule has 3 aliphatic rings. The molecule has 0 spiro atoms. The highest BCUT2D eigenvalue weighted by Gasteiger charge is 2.57. The number of amides is 1. The van der Waals surface area contributed by atoms with Gasteiger partial charge in [0.15, 0.2) is 0 Å². The molecule has 4 nitrogen and oxygen atoms in total. The average Bonchev–Trinajstić information content (AvgIpc) is 2.56. The van der Waals surface area contributed by atoms with E-state index in [0.29, 0.717) is 22.8 Å². The van der Waals surface area contributed by atoms with E-state index in [-0.39, 0.29) is 12.0 Å². The molecule has 1 aromatic carbocycles. The lowest BCUT2D eigenvalue weighted by atomic mass is 9.45. The van der Waals surface area contributed by atoms with Crippen LogP contribution in [0.5, 0.6) is 0 Å². The van der Waals surface area contributed by atoms with Gasteiger partial charge in [-0.3, -0.25) is 4.79 Å². The summed E-state index contributed by atoms with van der Waals surface area (Å²) >= 11 is 0. The zero-order valence-corrected chi connectivity index (χ0v) is 14.8. The van der Waals surface area contributed by atoms with Crippen molar-refractivity contribution < 1.29 is 15.7 Å². The van der Waals surface area contributed by atoms with Gasteiger partial charge in [-0.2, -0.15) is 0 Å². The van der Waals surface area contributed by atoms with Gasteiger partial charge in [-0.05, 0) is 55.1 Å². The maximum absolute atomic E-state index is 12.5. The molecule has 0 aromatic heterocycles. The Morgan fingerprint density at radius 3 is 2.54 bits per heavy atom. The molecule has 4 rings (SSSR count). The Hall–Kier alpha value is -1.84. The molecule has 3 fully saturated rings. The van der Waals surface area contributed by atoms with Gasteiger partial charge in [-0.15, -0.1) is 0 Å². The van der Waals surface area contributed by atoms with Crippen LogP contribution in [0.1, 0.15) is 52.3 Å². The molecule has 1 unspecified atom stereocenters. The second-order valence-electron chi connectivity index (χ2n) is 7.84. The summed E-state index contributed by atoms with van der Waals surface area (Å²) in [5.41, 5.74) is 0.733. The third-order valence-corrected chi connectivity index (χ3v) is 6.19. The minimum atomic E-state index is -1.80. The molecule has 1 amide bonds. The Balaban J connectivity index is 1.62. The average molecular weight is 330 g/mol. The minimum absolute atomic E-state index is 0.164. The SMILES string of the molecule is [2H]C(C)(NC(=O)c1ccccc1)C(=O)O[C@@H]1C[C@@H]2C[C@H]([C@H]1C)C2(C)C. The summed E-state index contributed by atoms with van der Waals surface area (Å²) in [5, 5.41) is 2.47. The van der Waals surface area contributed by atoms with Gasteiger partial charge in [0.25, 0.3) is 5.91 Å². The first kappa shape index (κ1) is 15.7. The number of nitrogens with one attached hydrogen (secondary N) is 1. The predicted molar refractivity (Wildman–Crippen MR) is 92.4 cm³/mol. The van der Waals surface area contributed by atoms with Crippen molar-refractivity contribution in [3.63, 3.8) is 0 Å². The lowest BCUT2D eigenvalue weighted by molar-refractivity contribution is -0.187. The Kier molecular flexibility index (Phi) is 4.07. The van der Waals surface area contributed by atoms with E-state index >= 15 is 0 Å². The Bertz CT molecular complexity index is 671. The zero-order chi connectivity index (χ0) is 18.4. The summed E-state index contributed by atoms with van der Waals surface area (Å²) in [6, 6.07) is 6.79. The standard InChI is InChI=1S/C20H27NO3/c1-12-16-10-15(20(16,3)4)11-17(12)24-19(23)13(2)21-18(22)14-8-6-5-7-9-14/h5-9,12-13,15-17H,10-11H2,1-4H3,(H,21,22)/t12-,13?,15+,16-,17-/m1/s1/i13D. The molecule has 3 aliphatic carbocycles. The summed E-state index contributed by atoms with van der Waals surface area (Å²) in [4.78, 5) is 24.7. The van der Waals surface area contributed by atoms with Crippen molar-refractivity contribution in [1.29, 1.82) is 0 Å². The molecule has 0 heterocycles. The maximum atomic E-state index is 12.5. The van der Waals surface area contributed by atoms with E-state index in [1.165, 1.54) is 13.3 Å². The summed E-state index contributed by atoms with van der Waals surface area (Å²) in [7, 11) is 0. The van der Waals surface area contributed by atoms with E-state index < -0.39 is 17.9 Å². The van der Waals surface area contributed by atoms with Crippen molar-refractivity contribution in [3.8, 4) is 0 Å². The van der Waals surface area contributed by atoms with Crippen LogP contribution in [-0.4, -0.2) is 24.0 Å². The monoisotopic (exact) mass is 330 g/mol. The summed E-state index contributed by atoms with van der Waals surface area (Å²) in [6.45, 7) is 8.07. The Morgan fingerprint density at radius 1 is 1.29 bits per heavy atom. The fourth-order valence-corrected chi connectivity index (χ4v) is 4.37. The normalized spacial score (nSPS) is 33.4. The molecule has 24 heavy (non-hydrogen) atoms. The number of carbonyl (C=O) groups is 2. The highest BCUT2D eigenvalue weighted by molar-refractivity contribution is 5.96. The molecular formula is C20H27NO3. The predicted octanol–water partition coefficient (Wildman–Crippen LogP) is 3.42. The molecule has 0 aliphatic heterocycles. The van der Waals surface area contributed by atoms with Crippen LogP contribution in [0, 0.1) is 23.2 Å². The highest BCUT2D eigenvalue weighted by Crippen LogP contribution is 2.61. The molecule has 4 heteroatoms. The lowest BCUT2D eigenvalue weighted by Gasteiger charge is -2.61. The van der Waals surface area contributed by atoms with Crippen molar-refractivity contribution in [2.45, 2.75) is 52.7 Å². The van der Waals surface area contributed by atoms with E-state index in [0.717, 1.165) is 6.42 Å². The van der Waals surface area contributed by atoms with Gasteiger partial charge in [0, 0.05) is 5.56 Å². The number of fused-ring (bicyclic) bond motifs is 2. The fraction of sp³-hybridized carbons (Fsp3) is 0.600. The molecular weight excluding hydrogens is 302 g/mol. The van der Waals surface area contributed by atoms with Gasteiger partial charge in [0.05, 0.1) is 1.37 Å². The maximum Gasteiger partial charge on any atom is 0.328 e. The van der Waals surface area contributed by atoms with Crippen molar-refractivity contribution in [2.24, 2.45) is 23.2 Å². The van der Waals surface area contributed by atoms with Crippen LogP contribution < -0.4 is 5.32 Å². The minimum Gasteiger partial charge on any atom is -0.461 e. The summed E-state index contributed by atoms with van der Waals surface area (Å²) in [6.07, 6.45) is 1.88. The number of benzene rings is 1. The van der Waals surface area contributed by atoms with E-state index in [1.807, 2.05) is 6.07 Å². The van der Waals surface area contributed by atoms with Crippen LogP contribution in [0.25, 0.3) is 0 Å². The van der Waals surface area contributed by atoms with Gasteiger partial charge in [0.2, 0.25) is 0 Å². The zero-order valence-electron chi connectivity index (χ0n) is 15.8. The van der Waals surface area contributed by atoms with Gasteiger partial charge < -0.3 is 10.1 Å². The number of carbonyl (C=O) groups excluding carboxylic acids is 2. The van der Waals surface area contributed by atoms with E-state index in [2.05, 4.69) is 26.1 Å². The molecule has 2 bridgehead atoms. The third kappa shape index (κ3) is 2.94. The topological polar surface area (TPSA) is 55.4 Å². The molecule has 0 saturated heterocycles. The molecule has 1 N–H and O–H groups in total. The second kappa shape index (κ2) is 6.23. The summed E-state index contributed by atoms with van der Waals surface area (Å²) in [5.74, 6) is 0.274. The molecule has 1 aromatic rings. The first-order valence-electron chi connectivity index (χ1n) is 9.21. The number of hydrogen-bond donors (Lipinski definition) is 1. The largest absolute Gasteiger partial charge is 0.461 e. The number of rotatable bonds is 4. The van der Waals surface area contributed by atoms with Gasteiger partial charge in [-0.1, -0.05) is 39.0 Å². The van der Waals surface area contributed by atoms with Crippen molar-refractivity contribution in [3.05, 3.63) is 35.9 Å². The molecule has 0 radical (unpaired) electrons. The van der Waals surface area contributed by atoms with Crippen LogP contribution in [0.4, 0.5) is 0 Å². The van der Waals surface area contributed by atoms with Gasteiger partial charge in [0.1, 0.15) is 12.1 Å². The first-order valence-corrected chi connectivity index (χ1v) is 8.71. The second-order valence-corrected chi connectivity index (χ2v) is 7.84. The summed E-state index contributed by atoms with van der Waals surface area (Å²) < 4.78 is 13.9. The molecule has 5 atom stereocenters. The van der Waals surface area contributed by atoms with Crippen LogP contribution in [-0.2, 0) is 9.53 Å². The van der Waals surface area contributed by atoms with E-state index in [4.69, 9.17) is 6.11 Å². The smallest absolute Gasteiger partial charge is 0.328 e. The van der Waals surface area contributed by atoms with Gasteiger partial charge in [-0.25, -0.2) is 4.79 Å². The van der Waals surface area contributed by atoms with E-state index in [9.17, 15) is 9.59 Å². The third-order valence-electron chi connectivity index (χ3n) is 6.19. The van der Waals surface area contributed by atoms with Crippen LogP contribution >= 0.6 is 0 Å². The van der Waals surface area contributed by atoms with Gasteiger partial charge >= 0.3 is 5.97 Å².